The first-order chi connectivity index (χ1) is 7.82. The summed E-state index contributed by atoms with van der Waals surface area (Å²) >= 11 is 0. The molecule has 0 bridgehead atoms. The third kappa shape index (κ3) is 7.59. The maximum atomic E-state index is 10.9. The van der Waals surface area contributed by atoms with Gasteiger partial charge in [0.05, 0.1) is 0 Å². The van der Waals surface area contributed by atoms with Crippen molar-refractivity contribution in [2.75, 3.05) is 6.54 Å². The summed E-state index contributed by atoms with van der Waals surface area (Å²) in [5.41, 5.74) is 0. The molecule has 0 spiro atoms. The van der Waals surface area contributed by atoms with Crippen molar-refractivity contribution in [2.24, 2.45) is 0 Å². The molecule has 1 atom stereocenters. The van der Waals surface area contributed by atoms with E-state index in [0.717, 1.165) is 0 Å². The van der Waals surface area contributed by atoms with Crippen LogP contribution in [0, 0.1) is 0 Å². The Balaban J connectivity index is 4.15. The van der Waals surface area contributed by atoms with Gasteiger partial charge in [0.15, 0.2) is 0 Å². The highest BCUT2D eigenvalue weighted by atomic mass is 16.6. The molecule has 0 unspecified atom stereocenters. The molecule has 9 heteroatoms. The van der Waals surface area contributed by atoms with E-state index >= 15 is 0 Å². The van der Waals surface area contributed by atoms with Crippen LogP contribution in [0.1, 0.15) is 12.8 Å². The Morgan fingerprint density at radius 3 is 2.06 bits per heavy atom. The van der Waals surface area contributed by atoms with Crippen LogP contribution in [0.2, 0.25) is 0 Å². The van der Waals surface area contributed by atoms with Crippen LogP contribution in [0.5, 0.6) is 0 Å². The van der Waals surface area contributed by atoms with Gasteiger partial charge >= 0.3 is 24.0 Å². The standard InChI is InChI=1S/C8H11NO8/c10-5(11)2-1-4(7(14)15)17-8(16)9-3-6(12)13/h4H,1-3H2,(H,9,16)(H,10,11)(H,12,13)(H,14,15)/t4-/m0/s1. The molecule has 0 aromatic rings. The molecule has 0 saturated carbocycles. The molecule has 0 aromatic heterocycles. The van der Waals surface area contributed by atoms with E-state index in [1.807, 2.05) is 0 Å². The van der Waals surface area contributed by atoms with Crippen molar-refractivity contribution in [3.8, 4) is 0 Å². The number of nitrogens with one attached hydrogen (secondary N) is 1. The average Bonchev–Trinajstić information content (AvgIpc) is 2.20. The number of hydrogen-bond acceptors (Lipinski definition) is 5. The highest BCUT2D eigenvalue weighted by Crippen LogP contribution is 2.03. The van der Waals surface area contributed by atoms with Gasteiger partial charge in [-0.1, -0.05) is 0 Å². The molecule has 96 valence electrons. The molecule has 0 heterocycles. The lowest BCUT2D eigenvalue weighted by Gasteiger charge is -2.12. The van der Waals surface area contributed by atoms with Gasteiger partial charge in [-0.2, -0.15) is 0 Å². The number of rotatable bonds is 7. The summed E-state index contributed by atoms with van der Waals surface area (Å²) in [7, 11) is 0. The van der Waals surface area contributed by atoms with Crippen LogP contribution >= 0.6 is 0 Å². The van der Waals surface area contributed by atoms with Crippen molar-refractivity contribution in [2.45, 2.75) is 18.9 Å². The molecular weight excluding hydrogens is 238 g/mol. The van der Waals surface area contributed by atoms with Gasteiger partial charge in [0, 0.05) is 12.8 Å². The van der Waals surface area contributed by atoms with Gasteiger partial charge in [-0.05, 0) is 0 Å². The molecule has 0 aliphatic rings. The average molecular weight is 249 g/mol. The van der Waals surface area contributed by atoms with Gasteiger partial charge in [-0.25, -0.2) is 9.59 Å². The van der Waals surface area contributed by atoms with Gasteiger partial charge in [0.1, 0.15) is 6.54 Å². The number of carbonyl (C=O) groups is 4. The minimum atomic E-state index is -1.63. The second kappa shape index (κ2) is 7.04. The second-order valence-electron chi connectivity index (χ2n) is 2.91. The zero-order valence-corrected chi connectivity index (χ0v) is 8.58. The van der Waals surface area contributed by atoms with Crippen LogP contribution in [0.25, 0.3) is 0 Å². The van der Waals surface area contributed by atoms with E-state index in [9.17, 15) is 19.2 Å². The normalized spacial score (nSPS) is 11.3. The Morgan fingerprint density at radius 1 is 1.06 bits per heavy atom. The van der Waals surface area contributed by atoms with Gasteiger partial charge in [-0.3, -0.25) is 9.59 Å². The monoisotopic (exact) mass is 249 g/mol. The second-order valence-corrected chi connectivity index (χ2v) is 2.91. The van der Waals surface area contributed by atoms with Crippen LogP contribution in [-0.4, -0.2) is 52.0 Å². The Kier molecular flexibility index (Phi) is 6.08. The maximum absolute atomic E-state index is 10.9. The summed E-state index contributed by atoms with van der Waals surface area (Å²) < 4.78 is 4.34. The molecule has 0 rings (SSSR count). The summed E-state index contributed by atoms with van der Waals surface area (Å²) in [4.78, 5) is 41.7. The number of carboxylic acid groups (broad SMARTS) is 3. The molecule has 0 aromatic carbocycles. The molecule has 0 aliphatic carbocycles. The molecule has 4 N–H and O–H groups in total. The molecular formula is C8H11NO8. The summed E-state index contributed by atoms with van der Waals surface area (Å²) in [6.45, 7) is -0.718. The van der Waals surface area contributed by atoms with E-state index in [2.05, 4.69) is 4.74 Å². The zero-order valence-electron chi connectivity index (χ0n) is 8.58. The first-order valence-electron chi connectivity index (χ1n) is 4.43. The van der Waals surface area contributed by atoms with E-state index < -0.39 is 49.5 Å². The molecule has 0 saturated heterocycles. The quantitative estimate of drug-likeness (QED) is 0.454. The Bertz CT molecular complexity index is 325. The van der Waals surface area contributed by atoms with Crippen molar-refractivity contribution < 1.29 is 39.2 Å². The minimum absolute atomic E-state index is 0.398. The van der Waals surface area contributed by atoms with Crippen molar-refractivity contribution >= 4 is 24.0 Å². The summed E-state index contributed by atoms with van der Waals surface area (Å²) in [5, 5.41) is 26.9. The number of carbonyl (C=O) groups excluding carboxylic acids is 1. The molecule has 17 heavy (non-hydrogen) atoms. The predicted molar refractivity (Wildman–Crippen MR) is 50.4 cm³/mol. The largest absolute Gasteiger partial charge is 0.481 e. The summed E-state index contributed by atoms with van der Waals surface area (Å²) in [6, 6.07) is 0. The predicted octanol–water partition coefficient (Wildman–Crippen LogP) is -0.885. The van der Waals surface area contributed by atoms with E-state index in [4.69, 9.17) is 15.3 Å². The Labute approximate surface area is 95.0 Å². The molecule has 0 fully saturated rings. The number of carboxylic acids is 3. The summed E-state index contributed by atoms with van der Waals surface area (Å²) in [6.07, 6.45) is -3.74. The lowest BCUT2D eigenvalue weighted by molar-refractivity contribution is -0.148. The Hall–Kier alpha value is -2.32. The van der Waals surface area contributed by atoms with Crippen LogP contribution in [0.3, 0.4) is 0 Å². The number of alkyl carbamates (subject to hydrolysis) is 1. The third-order valence-electron chi connectivity index (χ3n) is 1.53. The van der Waals surface area contributed by atoms with Gasteiger partial charge in [0.2, 0.25) is 6.10 Å². The molecule has 0 radical (unpaired) electrons. The zero-order chi connectivity index (χ0) is 13.4. The molecule has 0 aliphatic heterocycles. The molecule has 1 amide bonds. The number of hydrogen-bond donors (Lipinski definition) is 4. The van der Waals surface area contributed by atoms with E-state index in [0.29, 0.717) is 0 Å². The van der Waals surface area contributed by atoms with Gasteiger partial charge in [0.25, 0.3) is 0 Å². The lowest BCUT2D eigenvalue weighted by atomic mass is 10.2. The highest BCUT2D eigenvalue weighted by Gasteiger charge is 2.23. The van der Waals surface area contributed by atoms with E-state index in [1.165, 1.54) is 0 Å². The van der Waals surface area contributed by atoms with Crippen molar-refractivity contribution in [3.05, 3.63) is 0 Å². The lowest BCUT2D eigenvalue weighted by Crippen LogP contribution is -2.36. The van der Waals surface area contributed by atoms with E-state index in [1.54, 1.807) is 5.32 Å². The fraction of sp³-hybridized carbons (Fsp3) is 0.500. The fourth-order valence-electron chi connectivity index (χ4n) is 0.806. The number of aliphatic carboxylic acids is 3. The van der Waals surface area contributed by atoms with Crippen LogP contribution in [0.4, 0.5) is 4.79 Å². The number of amides is 1. The first-order valence-corrected chi connectivity index (χ1v) is 4.43. The van der Waals surface area contributed by atoms with Crippen LogP contribution in [0.15, 0.2) is 0 Å². The maximum Gasteiger partial charge on any atom is 0.408 e. The highest BCUT2D eigenvalue weighted by molar-refractivity contribution is 5.80. The van der Waals surface area contributed by atoms with Crippen LogP contribution in [-0.2, 0) is 19.1 Å². The van der Waals surface area contributed by atoms with Gasteiger partial charge in [-0.15, -0.1) is 0 Å². The third-order valence-corrected chi connectivity index (χ3v) is 1.53. The SMILES string of the molecule is O=C(O)CC[C@H](OC(=O)NCC(=O)O)C(=O)O. The topological polar surface area (TPSA) is 150 Å². The summed E-state index contributed by atoms with van der Waals surface area (Å²) in [5.74, 6) is -4.05. The van der Waals surface area contributed by atoms with E-state index in [-0.39, 0.29) is 0 Å². The van der Waals surface area contributed by atoms with Crippen molar-refractivity contribution in [3.63, 3.8) is 0 Å². The molecule has 9 nitrogen and oxygen atoms in total. The minimum Gasteiger partial charge on any atom is -0.481 e. The number of ether oxygens (including phenoxy) is 1. The van der Waals surface area contributed by atoms with Crippen molar-refractivity contribution in [1.82, 2.24) is 5.32 Å². The fourth-order valence-corrected chi connectivity index (χ4v) is 0.806. The Morgan fingerprint density at radius 2 is 1.65 bits per heavy atom. The van der Waals surface area contributed by atoms with Crippen molar-refractivity contribution in [1.29, 1.82) is 0 Å². The van der Waals surface area contributed by atoms with Gasteiger partial charge < -0.3 is 25.4 Å². The van der Waals surface area contributed by atoms with Crippen LogP contribution < -0.4 is 5.32 Å². The smallest absolute Gasteiger partial charge is 0.408 e. The first kappa shape index (κ1) is 14.7.